The second kappa shape index (κ2) is 8.37. The van der Waals surface area contributed by atoms with Crippen molar-refractivity contribution in [3.63, 3.8) is 0 Å². The molecule has 0 aliphatic heterocycles. The first kappa shape index (κ1) is 13.3. The third kappa shape index (κ3) is 5.74. The molecule has 3 heteroatoms. The van der Waals surface area contributed by atoms with Crippen LogP contribution in [0, 0.1) is 11.3 Å². The molecule has 0 spiro atoms. The Morgan fingerprint density at radius 1 is 1.18 bits per heavy atom. The second-order valence-corrected chi connectivity index (χ2v) is 3.53. The molecule has 0 saturated heterocycles. The van der Waals surface area contributed by atoms with Crippen LogP contribution in [0.15, 0.2) is 36.9 Å². The first-order chi connectivity index (χ1) is 8.36. The Bertz CT molecular complexity index is 365. The predicted molar refractivity (Wildman–Crippen MR) is 66.9 cm³/mol. The highest BCUT2D eigenvalue weighted by Gasteiger charge is 1.94. The van der Waals surface area contributed by atoms with Crippen LogP contribution >= 0.6 is 0 Å². The Kier molecular flexibility index (Phi) is 6.54. The number of nitriles is 1. The third-order valence-electron chi connectivity index (χ3n) is 2.18. The summed E-state index contributed by atoms with van der Waals surface area (Å²) in [5, 5.41) is 8.63. The molecule has 1 rings (SSSR count). The highest BCUT2D eigenvalue weighted by atomic mass is 16.5. The van der Waals surface area contributed by atoms with Gasteiger partial charge in [0.15, 0.2) is 0 Å². The van der Waals surface area contributed by atoms with Gasteiger partial charge in [0.2, 0.25) is 0 Å². The van der Waals surface area contributed by atoms with Crippen LogP contribution < -0.4 is 4.74 Å². The van der Waals surface area contributed by atoms with Gasteiger partial charge in [0.05, 0.1) is 18.2 Å². The van der Waals surface area contributed by atoms with Crippen molar-refractivity contribution in [1.82, 2.24) is 0 Å². The number of benzene rings is 1. The summed E-state index contributed by atoms with van der Waals surface area (Å²) in [6, 6.07) is 9.11. The SMILES string of the molecule is C=CCCCOCCOc1ccc(C#N)cc1. The smallest absolute Gasteiger partial charge is 0.119 e. The first-order valence-electron chi connectivity index (χ1n) is 5.68. The molecule has 1 aromatic rings. The molecule has 0 radical (unpaired) electrons. The Balaban J connectivity index is 2.09. The lowest BCUT2D eigenvalue weighted by Gasteiger charge is -2.06. The number of ether oxygens (including phenoxy) is 2. The fourth-order valence-corrected chi connectivity index (χ4v) is 1.28. The van der Waals surface area contributed by atoms with Gasteiger partial charge in [0, 0.05) is 6.61 Å². The summed E-state index contributed by atoms with van der Waals surface area (Å²) in [6.45, 7) is 5.49. The summed E-state index contributed by atoms with van der Waals surface area (Å²) < 4.78 is 10.8. The van der Waals surface area contributed by atoms with E-state index in [4.69, 9.17) is 14.7 Å². The predicted octanol–water partition coefficient (Wildman–Crippen LogP) is 2.92. The summed E-state index contributed by atoms with van der Waals surface area (Å²) in [6.07, 6.45) is 3.87. The van der Waals surface area contributed by atoms with Crippen molar-refractivity contribution < 1.29 is 9.47 Å². The van der Waals surface area contributed by atoms with Gasteiger partial charge in [-0.3, -0.25) is 0 Å². The largest absolute Gasteiger partial charge is 0.491 e. The van der Waals surface area contributed by atoms with E-state index in [-0.39, 0.29) is 0 Å². The van der Waals surface area contributed by atoms with Crippen molar-refractivity contribution in [3.05, 3.63) is 42.5 Å². The highest BCUT2D eigenvalue weighted by molar-refractivity contribution is 5.34. The van der Waals surface area contributed by atoms with Crippen molar-refractivity contribution in [2.45, 2.75) is 12.8 Å². The minimum Gasteiger partial charge on any atom is -0.491 e. The number of rotatable bonds is 8. The topological polar surface area (TPSA) is 42.2 Å². The molecule has 90 valence electrons. The zero-order chi connectivity index (χ0) is 12.3. The maximum absolute atomic E-state index is 8.63. The van der Waals surface area contributed by atoms with Crippen molar-refractivity contribution in [2.75, 3.05) is 19.8 Å². The summed E-state index contributed by atoms with van der Waals surface area (Å²) in [5.74, 6) is 0.763. The van der Waals surface area contributed by atoms with Crippen LogP contribution in [0.5, 0.6) is 5.75 Å². The fraction of sp³-hybridized carbons (Fsp3) is 0.357. The normalized spacial score (nSPS) is 9.59. The van der Waals surface area contributed by atoms with Crippen LogP contribution in [0.4, 0.5) is 0 Å². The molecule has 17 heavy (non-hydrogen) atoms. The lowest BCUT2D eigenvalue weighted by atomic mass is 10.2. The van der Waals surface area contributed by atoms with E-state index in [0.717, 1.165) is 25.2 Å². The van der Waals surface area contributed by atoms with Gasteiger partial charge < -0.3 is 9.47 Å². The standard InChI is InChI=1S/C14H17NO2/c1-2-3-4-9-16-10-11-17-14-7-5-13(12-15)6-8-14/h2,5-8H,1,3-4,9-11H2. The van der Waals surface area contributed by atoms with Gasteiger partial charge in [0.1, 0.15) is 12.4 Å². The van der Waals surface area contributed by atoms with Crippen LogP contribution in [0.2, 0.25) is 0 Å². The van der Waals surface area contributed by atoms with Crippen molar-refractivity contribution in [1.29, 1.82) is 5.26 Å². The Hall–Kier alpha value is -1.79. The maximum Gasteiger partial charge on any atom is 0.119 e. The average Bonchev–Trinajstić information content (AvgIpc) is 2.38. The van der Waals surface area contributed by atoms with E-state index in [9.17, 15) is 0 Å². The van der Waals surface area contributed by atoms with Gasteiger partial charge in [-0.2, -0.15) is 5.26 Å². The van der Waals surface area contributed by atoms with Crippen molar-refractivity contribution in [2.24, 2.45) is 0 Å². The lowest BCUT2D eigenvalue weighted by Crippen LogP contribution is -2.07. The summed E-state index contributed by atoms with van der Waals surface area (Å²) >= 11 is 0. The molecule has 1 aromatic carbocycles. The molecule has 0 saturated carbocycles. The summed E-state index contributed by atoms with van der Waals surface area (Å²) in [5.41, 5.74) is 0.637. The number of nitrogens with zero attached hydrogens (tertiary/aromatic N) is 1. The molecule has 0 aliphatic carbocycles. The zero-order valence-electron chi connectivity index (χ0n) is 9.89. The molecule has 0 amide bonds. The first-order valence-corrected chi connectivity index (χ1v) is 5.68. The minimum atomic E-state index is 0.528. The van der Waals surface area contributed by atoms with Crippen LogP contribution in [0.25, 0.3) is 0 Å². The number of unbranched alkanes of at least 4 members (excludes halogenated alkanes) is 1. The molecule has 0 bridgehead atoms. The van der Waals surface area contributed by atoms with Crippen LogP contribution in [-0.2, 0) is 4.74 Å². The fourth-order valence-electron chi connectivity index (χ4n) is 1.28. The van der Waals surface area contributed by atoms with E-state index in [1.54, 1.807) is 24.3 Å². The van der Waals surface area contributed by atoms with E-state index < -0.39 is 0 Å². The maximum atomic E-state index is 8.63. The van der Waals surface area contributed by atoms with Gasteiger partial charge in [-0.25, -0.2) is 0 Å². The number of hydrogen-bond donors (Lipinski definition) is 0. The summed E-state index contributed by atoms with van der Waals surface area (Å²) in [7, 11) is 0. The summed E-state index contributed by atoms with van der Waals surface area (Å²) in [4.78, 5) is 0. The number of hydrogen-bond acceptors (Lipinski definition) is 3. The molecule has 3 nitrogen and oxygen atoms in total. The van der Waals surface area contributed by atoms with E-state index in [1.807, 2.05) is 6.08 Å². The van der Waals surface area contributed by atoms with Gasteiger partial charge >= 0.3 is 0 Å². The van der Waals surface area contributed by atoms with Gasteiger partial charge in [-0.05, 0) is 37.1 Å². The second-order valence-electron chi connectivity index (χ2n) is 3.53. The molecule has 0 heterocycles. The Morgan fingerprint density at radius 2 is 1.94 bits per heavy atom. The van der Waals surface area contributed by atoms with E-state index in [2.05, 4.69) is 12.6 Å². The van der Waals surface area contributed by atoms with Gasteiger partial charge in [0.25, 0.3) is 0 Å². The van der Waals surface area contributed by atoms with E-state index in [0.29, 0.717) is 18.8 Å². The Labute approximate surface area is 102 Å². The molecular weight excluding hydrogens is 214 g/mol. The molecule has 0 aromatic heterocycles. The van der Waals surface area contributed by atoms with Crippen molar-refractivity contribution >= 4 is 0 Å². The highest BCUT2D eigenvalue weighted by Crippen LogP contribution is 2.11. The van der Waals surface area contributed by atoms with E-state index in [1.165, 1.54) is 0 Å². The van der Waals surface area contributed by atoms with Crippen molar-refractivity contribution in [3.8, 4) is 11.8 Å². The van der Waals surface area contributed by atoms with Crippen LogP contribution in [0.1, 0.15) is 18.4 Å². The average molecular weight is 231 g/mol. The van der Waals surface area contributed by atoms with Crippen LogP contribution in [-0.4, -0.2) is 19.8 Å². The van der Waals surface area contributed by atoms with Crippen LogP contribution in [0.3, 0.4) is 0 Å². The molecule has 0 unspecified atom stereocenters. The molecule has 0 fully saturated rings. The van der Waals surface area contributed by atoms with Gasteiger partial charge in [-0.15, -0.1) is 6.58 Å². The minimum absolute atomic E-state index is 0.528. The molecule has 0 atom stereocenters. The molecule has 0 N–H and O–H groups in total. The quantitative estimate of drug-likeness (QED) is 0.510. The lowest BCUT2D eigenvalue weighted by molar-refractivity contribution is 0.0988. The Morgan fingerprint density at radius 3 is 2.59 bits per heavy atom. The van der Waals surface area contributed by atoms with Gasteiger partial charge in [-0.1, -0.05) is 6.08 Å². The van der Waals surface area contributed by atoms with E-state index >= 15 is 0 Å². The zero-order valence-corrected chi connectivity index (χ0v) is 9.89. The monoisotopic (exact) mass is 231 g/mol. The third-order valence-corrected chi connectivity index (χ3v) is 2.18. The number of allylic oxidation sites excluding steroid dienone is 1. The molecular formula is C14H17NO2. The molecule has 0 aliphatic rings.